The van der Waals surface area contributed by atoms with Gasteiger partial charge in [0, 0.05) is 4.90 Å². The van der Waals surface area contributed by atoms with Crippen molar-refractivity contribution in [3.63, 3.8) is 0 Å². The van der Waals surface area contributed by atoms with Gasteiger partial charge in [-0.15, -0.1) is 0 Å². The summed E-state index contributed by atoms with van der Waals surface area (Å²) in [6, 6.07) is 5.08. The summed E-state index contributed by atoms with van der Waals surface area (Å²) in [5.74, 6) is -1.55. The first-order valence-corrected chi connectivity index (χ1v) is 7.52. The van der Waals surface area contributed by atoms with Crippen molar-refractivity contribution in [2.75, 3.05) is 0 Å². The molecule has 0 radical (unpaired) electrons. The lowest BCUT2D eigenvalue weighted by atomic mass is 9.87. The number of benzene rings is 1. The van der Waals surface area contributed by atoms with Crippen LogP contribution >= 0.6 is 23.5 Å². The molecule has 0 aromatic heterocycles. The Labute approximate surface area is 136 Å². The number of rotatable bonds is 3. The summed E-state index contributed by atoms with van der Waals surface area (Å²) < 4.78 is 39.5. The minimum absolute atomic E-state index is 0.129. The topological polar surface area (TPSA) is 49.3 Å². The molecule has 2 N–H and O–H groups in total. The summed E-state index contributed by atoms with van der Waals surface area (Å²) in [5.41, 5.74) is -2.64. The maximum atomic E-state index is 12.5. The monoisotopic (exact) mass is 355 g/mol. The van der Waals surface area contributed by atoms with Crippen molar-refractivity contribution in [3.05, 3.63) is 28.8 Å². The minimum atomic E-state index is -5.06. The first-order valence-electron chi connectivity index (χ1n) is 6.33. The highest BCUT2D eigenvalue weighted by Crippen LogP contribution is 2.33. The van der Waals surface area contributed by atoms with Gasteiger partial charge in [0.2, 0.25) is 5.60 Å². The van der Waals surface area contributed by atoms with Gasteiger partial charge in [0.05, 0.1) is 5.02 Å². The van der Waals surface area contributed by atoms with Crippen molar-refractivity contribution in [2.45, 2.75) is 49.8 Å². The molecule has 1 rings (SSSR count). The molecule has 0 aliphatic rings. The Kier molecular flexibility index (Phi) is 5.47. The maximum Gasteiger partial charge on any atom is 0.426 e. The molecule has 1 aromatic carbocycles. The van der Waals surface area contributed by atoms with Crippen LogP contribution in [0.5, 0.6) is 0 Å². The minimum Gasteiger partial charge on any atom is -0.373 e. The zero-order valence-corrected chi connectivity index (χ0v) is 14.1. The Morgan fingerprint density at radius 3 is 2.18 bits per heavy atom. The molecule has 0 unspecified atom stereocenters. The quantitative estimate of drug-likeness (QED) is 0.803. The zero-order valence-electron chi connectivity index (χ0n) is 12.5. The number of hydrogen-bond acceptors (Lipinski definition) is 3. The SMILES string of the molecule is CC(C)(C)c1ccc(SNC(=O)[C@@](C)(O)C(F)(F)F)c(Cl)c1. The number of amides is 1. The van der Waals surface area contributed by atoms with Crippen LogP contribution in [0.1, 0.15) is 33.3 Å². The Hall–Kier alpha value is -0.920. The van der Waals surface area contributed by atoms with E-state index in [9.17, 15) is 23.1 Å². The highest BCUT2D eigenvalue weighted by Gasteiger charge is 2.55. The van der Waals surface area contributed by atoms with Crippen LogP contribution in [0.3, 0.4) is 0 Å². The molecular weight excluding hydrogens is 339 g/mol. The normalized spacial score (nSPS) is 15.3. The molecule has 0 fully saturated rings. The number of carbonyl (C=O) groups excluding carboxylic acids is 1. The molecule has 0 saturated heterocycles. The van der Waals surface area contributed by atoms with Gasteiger partial charge in [-0.2, -0.15) is 13.2 Å². The van der Waals surface area contributed by atoms with E-state index in [0.717, 1.165) is 5.56 Å². The fourth-order valence-electron chi connectivity index (χ4n) is 1.38. The molecule has 0 aliphatic heterocycles. The largest absolute Gasteiger partial charge is 0.426 e. The van der Waals surface area contributed by atoms with Crippen LogP contribution in [0.15, 0.2) is 23.1 Å². The van der Waals surface area contributed by atoms with E-state index < -0.39 is 17.7 Å². The van der Waals surface area contributed by atoms with Gasteiger partial charge in [-0.25, -0.2) is 0 Å². The van der Waals surface area contributed by atoms with Crippen LogP contribution in [0.4, 0.5) is 13.2 Å². The Morgan fingerprint density at radius 1 is 1.23 bits per heavy atom. The molecular formula is C14H17ClF3NO2S. The number of carbonyl (C=O) groups is 1. The number of alkyl halides is 3. The second-order valence-corrected chi connectivity index (χ2v) is 7.25. The fraction of sp³-hybridized carbons (Fsp3) is 0.500. The molecule has 0 saturated carbocycles. The first-order chi connectivity index (χ1) is 9.76. The molecule has 1 aromatic rings. The van der Waals surface area contributed by atoms with Gasteiger partial charge in [0.25, 0.3) is 5.91 Å². The van der Waals surface area contributed by atoms with Crippen LogP contribution in [0.2, 0.25) is 5.02 Å². The third-order valence-corrected chi connectivity index (χ3v) is 4.33. The highest BCUT2D eigenvalue weighted by atomic mass is 35.5. The first kappa shape index (κ1) is 19.1. The van der Waals surface area contributed by atoms with Crippen LogP contribution in [-0.2, 0) is 10.2 Å². The van der Waals surface area contributed by atoms with Crippen LogP contribution in [0, 0.1) is 0 Å². The van der Waals surface area contributed by atoms with Gasteiger partial charge in [0.15, 0.2) is 0 Å². The molecule has 0 bridgehead atoms. The molecule has 8 heteroatoms. The van der Waals surface area contributed by atoms with Crippen molar-refractivity contribution in [2.24, 2.45) is 0 Å². The average molecular weight is 356 g/mol. The second-order valence-electron chi connectivity index (χ2n) is 6.00. The molecule has 0 heterocycles. The number of nitrogens with one attached hydrogen (secondary N) is 1. The fourth-order valence-corrected chi connectivity index (χ4v) is 2.37. The standard InChI is InChI=1S/C14H17ClF3NO2S/c1-12(2,3)8-5-6-10(9(15)7-8)22-19-11(20)13(4,21)14(16,17)18/h5-7,21H,1-4H3,(H,19,20)/t13-/m1/s1. The lowest BCUT2D eigenvalue weighted by Crippen LogP contribution is -2.53. The van der Waals surface area contributed by atoms with Crippen molar-refractivity contribution in [1.29, 1.82) is 0 Å². The Balaban J connectivity index is 2.84. The summed E-state index contributed by atoms with van der Waals surface area (Å²) >= 11 is 6.69. The summed E-state index contributed by atoms with van der Waals surface area (Å²) in [7, 11) is 0. The van der Waals surface area contributed by atoms with E-state index in [2.05, 4.69) is 0 Å². The predicted molar refractivity (Wildman–Crippen MR) is 80.8 cm³/mol. The van der Waals surface area contributed by atoms with Crippen LogP contribution in [0.25, 0.3) is 0 Å². The van der Waals surface area contributed by atoms with Gasteiger partial charge >= 0.3 is 6.18 Å². The third-order valence-electron chi connectivity index (χ3n) is 3.05. The van der Waals surface area contributed by atoms with E-state index in [4.69, 9.17) is 11.6 Å². The summed E-state index contributed by atoms with van der Waals surface area (Å²) in [6.07, 6.45) is -5.06. The predicted octanol–water partition coefficient (Wildman–Crippen LogP) is 4.07. The molecule has 0 aliphatic carbocycles. The second kappa shape index (κ2) is 6.29. The van der Waals surface area contributed by atoms with Crippen molar-refractivity contribution in [3.8, 4) is 0 Å². The number of hydrogen-bond donors (Lipinski definition) is 2. The van der Waals surface area contributed by atoms with E-state index in [1.165, 1.54) is 0 Å². The molecule has 1 atom stereocenters. The van der Waals surface area contributed by atoms with Gasteiger partial charge in [-0.3, -0.25) is 9.52 Å². The summed E-state index contributed by atoms with van der Waals surface area (Å²) in [6.45, 7) is 6.38. The number of halogens is 4. The Morgan fingerprint density at radius 2 is 1.77 bits per heavy atom. The highest BCUT2D eigenvalue weighted by molar-refractivity contribution is 7.98. The van der Waals surface area contributed by atoms with E-state index in [-0.39, 0.29) is 5.41 Å². The zero-order chi connectivity index (χ0) is 17.3. The third kappa shape index (κ3) is 4.30. The van der Waals surface area contributed by atoms with Crippen LogP contribution < -0.4 is 4.72 Å². The lowest BCUT2D eigenvalue weighted by Gasteiger charge is -2.24. The van der Waals surface area contributed by atoms with E-state index in [0.29, 0.717) is 28.8 Å². The summed E-state index contributed by atoms with van der Waals surface area (Å²) in [5, 5.41) is 9.54. The van der Waals surface area contributed by atoms with Gasteiger partial charge in [-0.05, 0) is 42.0 Å². The molecule has 124 valence electrons. The molecule has 0 spiro atoms. The lowest BCUT2D eigenvalue weighted by molar-refractivity contribution is -0.244. The van der Waals surface area contributed by atoms with Crippen LogP contribution in [-0.4, -0.2) is 22.8 Å². The average Bonchev–Trinajstić information content (AvgIpc) is 2.34. The molecule has 3 nitrogen and oxygen atoms in total. The van der Waals surface area contributed by atoms with E-state index >= 15 is 0 Å². The molecule has 1 amide bonds. The molecule has 22 heavy (non-hydrogen) atoms. The Bertz CT molecular complexity index is 568. The van der Waals surface area contributed by atoms with Crippen molar-refractivity contribution < 1.29 is 23.1 Å². The maximum absolute atomic E-state index is 12.5. The van der Waals surface area contributed by atoms with Gasteiger partial charge in [-0.1, -0.05) is 38.4 Å². The van der Waals surface area contributed by atoms with Crippen molar-refractivity contribution in [1.82, 2.24) is 4.72 Å². The van der Waals surface area contributed by atoms with Gasteiger partial charge < -0.3 is 5.11 Å². The smallest absolute Gasteiger partial charge is 0.373 e. The van der Waals surface area contributed by atoms with Gasteiger partial charge in [0.1, 0.15) is 0 Å². The number of aliphatic hydroxyl groups is 1. The summed E-state index contributed by atoms with van der Waals surface area (Å²) in [4.78, 5) is 11.9. The van der Waals surface area contributed by atoms with Crippen molar-refractivity contribution >= 4 is 29.5 Å². The van der Waals surface area contributed by atoms with E-state index in [1.54, 1.807) is 18.2 Å². The van der Waals surface area contributed by atoms with E-state index in [1.807, 2.05) is 25.5 Å².